The first-order valence-electron chi connectivity index (χ1n) is 8.23. The Balaban J connectivity index is 2.07. The summed E-state index contributed by atoms with van der Waals surface area (Å²) in [6.45, 7) is 6.12. The number of benzene rings is 1. The third kappa shape index (κ3) is 4.10. The van der Waals surface area contributed by atoms with Gasteiger partial charge >= 0.3 is 0 Å². The van der Waals surface area contributed by atoms with Crippen LogP contribution >= 0.6 is 0 Å². The van der Waals surface area contributed by atoms with Crippen LogP contribution in [-0.2, 0) is 22.6 Å². The predicted octanol–water partition coefficient (Wildman–Crippen LogP) is 1.48. The zero-order chi connectivity index (χ0) is 17.0. The van der Waals surface area contributed by atoms with Crippen molar-refractivity contribution in [3.63, 3.8) is 0 Å². The minimum absolute atomic E-state index is 0.109. The van der Waals surface area contributed by atoms with Crippen molar-refractivity contribution in [1.29, 1.82) is 0 Å². The van der Waals surface area contributed by atoms with Crippen molar-refractivity contribution in [2.75, 3.05) is 6.54 Å². The number of hydrogen-bond acceptors (Lipinski definition) is 3. The number of nitrogens with zero attached hydrogens (tertiary/aromatic N) is 1. The van der Waals surface area contributed by atoms with Crippen LogP contribution in [0.5, 0.6) is 0 Å². The fraction of sp³-hybridized carbons (Fsp3) is 0.556. The molecular formula is C18H26N2O3. The number of aliphatic hydroxyl groups excluding tert-OH is 1. The number of carbonyl (C=O) groups excluding carboxylic acids is 2. The van der Waals surface area contributed by atoms with Gasteiger partial charge in [-0.1, -0.05) is 44.5 Å². The maximum absolute atomic E-state index is 12.5. The van der Waals surface area contributed by atoms with Crippen LogP contribution < -0.4 is 5.32 Å². The molecule has 5 nitrogen and oxygen atoms in total. The van der Waals surface area contributed by atoms with E-state index in [4.69, 9.17) is 0 Å². The molecule has 0 spiro atoms. The summed E-state index contributed by atoms with van der Waals surface area (Å²) in [7, 11) is 0. The highest BCUT2D eigenvalue weighted by Gasteiger charge is 2.33. The van der Waals surface area contributed by atoms with E-state index in [1.807, 2.05) is 38.1 Å². The van der Waals surface area contributed by atoms with Gasteiger partial charge in [0.05, 0.1) is 6.10 Å². The van der Waals surface area contributed by atoms with Crippen molar-refractivity contribution < 1.29 is 14.7 Å². The number of aliphatic hydroxyl groups is 1. The second-order valence-electron chi connectivity index (χ2n) is 6.33. The van der Waals surface area contributed by atoms with Crippen LogP contribution in [-0.4, -0.2) is 40.5 Å². The Kier molecular flexibility index (Phi) is 5.77. The third-order valence-electron chi connectivity index (χ3n) is 4.74. The average molecular weight is 318 g/mol. The van der Waals surface area contributed by atoms with E-state index in [1.54, 1.807) is 4.90 Å². The van der Waals surface area contributed by atoms with Crippen molar-refractivity contribution in [3.8, 4) is 0 Å². The number of nitrogens with one attached hydrogen (secondary N) is 1. The lowest BCUT2D eigenvalue weighted by Crippen LogP contribution is -2.53. The fourth-order valence-corrected chi connectivity index (χ4v) is 2.88. The first-order chi connectivity index (χ1) is 10.9. The zero-order valence-electron chi connectivity index (χ0n) is 14.1. The van der Waals surface area contributed by atoms with Crippen molar-refractivity contribution in [2.45, 2.75) is 52.3 Å². The summed E-state index contributed by atoms with van der Waals surface area (Å²) in [5, 5.41) is 12.8. The van der Waals surface area contributed by atoms with Gasteiger partial charge in [0.25, 0.3) is 0 Å². The summed E-state index contributed by atoms with van der Waals surface area (Å²) in [5.41, 5.74) is 2.19. The van der Waals surface area contributed by atoms with Crippen LogP contribution in [0.2, 0.25) is 0 Å². The third-order valence-corrected chi connectivity index (χ3v) is 4.74. The van der Waals surface area contributed by atoms with Gasteiger partial charge in [-0.05, 0) is 17.0 Å². The van der Waals surface area contributed by atoms with E-state index in [9.17, 15) is 14.7 Å². The number of rotatable bonds is 5. The Morgan fingerprint density at radius 2 is 2.00 bits per heavy atom. The summed E-state index contributed by atoms with van der Waals surface area (Å²) >= 11 is 0. The minimum atomic E-state index is -0.564. The Labute approximate surface area is 137 Å². The van der Waals surface area contributed by atoms with Gasteiger partial charge in [-0.15, -0.1) is 0 Å². The summed E-state index contributed by atoms with van der Waals surface area (Å²) in [6, 6.07) is 7.38. The van der Waals surface area contributed by atoms with Gasteiger partial charge < -0.3 is 15.3 Å². The molecule has 0 bridgehead atoms. The standard InChI is InChI=1S/C18H26N2O3/c1-4-12(2)17(22)10-19-18(23)16-9-14-7-5-6-8-15(14)11-20(16)13(3)21/h5-8,12,16-17,22H,4,9-11H2,1-3H3,(H,19,23). The number of hydrogen-bond donors (Lipinski definition) is 2. The lowest BCUT2D eigenvalue weighted by molar-refractivity contribution is -0.140. The normalized spacial score (nSPS) is 19.7. The summed E-state index contributed by atoms with van der Waals surface area (Å²) in [4.78, 5) is 26.0. The Bertz CT molecular complexity index is 573. The molecule has 5 heteroatoms. The fourth-order valence-electron chi connectivity index (χ4n) is 2.88. The Morgan fingerprint density at radius 1 is 1.35 bits per heavy atom. The molecule has 1 aromatic carbocycles. The van der Waals surface area contributed by atoms with Crippen LogP contribution in [0.3, 0.4) is 0 Å². The first-order valence-corrected chi connectivity index (χ1v) is 8.23. The lowest BCUT2D eigenvalue weighted by atomic mass is 9.93. The van der Waals surface area contributed by atoms with Crippen LogP contribution in [0, 0.1) is 5.92 Å². The Hall–Kier alpha value is -1.88. The van der Waals surface area contributed by atoms with E-state index < -0.39 is 12.1 Å². The second kappa shape index (κ2) is 7.59. The van der Waals surface area contributed by atoms with Crippen molar-refractivity contribution in [3.05, 3.63) is 35.4 Å². The lowest BCUT2D eigenvalue weighted by Gasteiger charge is -2.35. The number of fused-ring (bicyclic) bond motifs is 1. The zero-order valence-corrected chi connectivity index (χ0v) is 14.1. The van der Waals surface area contributed by atoms with E-state index in [1.165, 1.54) is 6.92 Å². The van der Waals surface area contributed by atoms with E-state index >= 15 is 0 Å². The molecular weight excluding hydrogens is 292 g/mol. The smallest absolute Gasteiger partial charge is 0.243 e. The largest absolute Gasteiger partial charge is 0.391 e. The molecule has 2 rings (SSSR count). The summed E-state index contributed by atoms with van der Waals surface area (Å²) in [5.74, 6) is -0.175. The molecule has 1 aromatic rings. The summed E-state index contributed by atoms with van der Waals surface area (Å²) in [6.07, 6.45) is 0.805. The van der Waals surface area contributed by atoms with Crippen LogP contribution in [0.25, 0.3) is 0 Å². The van der Waals surface area contributed by atoms with E-state index in [2.05, 4.69) is 5.32 Å². The van der Waals surface area contributed by atoms with Gasteiger partial charge in [-0.25, -0.2) is 0 Å². The van der Waals surface area contributed by atoms with Gasteiger partial charge in [0.15, 0.2) is 0 Å². The maximum Gasteiger partial charge on any atom is 0.243 e. The highest BCUT2D eigenvalue weighted by molar-refractivity contribution is 5.87. The monoisotopic (exact) mass is 318 g/mol. The first kappa shape index (κ1) is 17.5. The predicted molar refractivity (Wildman–Crippen MR) is 88.6 cm³/mol. The van der Waals surface area contributed by atoms with Crippen molar-refractivity contribution >= 4 is 11.8 Å². The van der Waals surface area contributed by atoms with Crippen molar-refractivity contribution in [1.82, 2.24) is 10.2 Å². The molecule has 0 aliphatic carbocycles. The SMILES string of the molecule is CCC(C)C(O)CNC(=O)C1Cc2ccccc2CN1C(C)=O. The van der Waals surface area contributed by atoms with Gasteiger partial charge in [0, 0.05) is 26.4 Å². The van der Waals surface area contributed by atoms with Crippen LogP contribution in [0.1, 0.15) is 38.3 Å². The van der Waals surface area contributed by atoms with Gasteiger partial charge in [-0.3, -0.25) is 9.59 Å². The molecule has 0 saturated carbocycles. The molecule has 2 N–H and O–H groups in total. The Morgan fingerprint density at radius 3 is 2.61 bits per heavy atom. The molecule has 0 fully saturated rings. The van der Waals surface area contributed by atoms with Crippen LogP contribution in [0.4, 0.5) is 0 Å². The van der Waals surface area contributed by atoms with E-state index in [-0.39, 0.29) is 24.3 Å². The maximum atomic E-state index is 12.5. The highest BCUT2D eigenvalue weighted by Crippen LogP contribution is 2.23. The van der Waals surface area contributed by atoms with E-state index in [0.717, 1.165) is 17.5 Å². The second-order valence-corrected chi connectivity index (χ2v) is 6.33. The topological polar surface area (TPSA) is 69.6 Å². The molecule has 0 saturated heterocycles. The van der Waals surface area contributed by atoms with Gasteiger partial charge in [0.2, 0.25) is 11.8 Å². The quantitative estimate of drug-likeness (QED) is 0.864. The van der Waals surface area contributed by atoms with Crippen molar-refractivity contribution in [2.24, 2.45) is 5.92 Å². The molecule has 3 unspecified atom stereocenters. The molecule has 0 radical (unpaired) electrons. The molecule has 0 aromatic heterocycles. The molecule has 2 amide bonds. The minimum Gasteiger partial charge on any atom is -0.391 e. The van der Waals surface area contributed by atoms with E-state index in [0.29, 0.717) is 13.0 Å². The number of amides is 2. The van der Waals surface area contributed by atoms with Crippen LogP contribution in [0.15, 0.2) is 24.3 Å². The molecule has 3 atom stereocenters. The molecule has 1 heterocycles. The highest BCUT2D eigenvalue weighted by atomic mass is 16.3. The van der Waals surface area contributed by atoms with Gasteiger partial charge in [-0.2, -0.15) is 0 Å². The molecule has 126 valence electrons. The molecule has 1 aliphatic heterocycles. The molecule has 23 heavy (non-hydrogen) atoms. The number of carbonyl (C=O) groups is 2. The summed E-state index contributed by atoms with van der Waals surface area (Å²) < 4.78 is 0. The molecule has 1 aliphatic rings. The van der Waals surface area contributed by atoms with Gasteiger partial charge in [0.1, 0.15) is 6.04 Å². The average Bonchev–Trinajstić information content (AvgIpc) is 2.57.